The first-order valence-corrected chi connectivity index (χ1v) is 5.01. The van der Waals surface area contributed by atoms with Gasteiger partial charge in [-0.25, -0.2) is 0 Å². The molecule has 0 aromatic carbocycles. The molecule has 0 aliphatic heterocycles. The van der Waals surface area contributed by atoms with E-state index in [0.717, 1.165) is 13.0 Å². The molecule has 0 aromatic rings. The van der Waals surface area contributed by atoms with E-state index < -0.39 is 0 Å². The third-order valence-corrected chi connectivity index (χ3v) is 2.51. The first-order valence-electron chi connectivity index (χ1n) is 4.23. The summed E-state index contributed by atoms with van der Waals surface area (Å²) in [5.74, 6) is 0. The van der Waals surface area contributed by atoms with Crippen LogP contribution in [0.5, 0.6) is 0 Å². The van der Waals surface area contributed by atoms with Crippen molar-refractivity contribution in [3.8, 4) is 0 Å². The maximum atomic E-state index is 5.67. The summed E-state index contributed by atoms with van der Waals surface area (Å²) in [6.07, 6.45) is 5.46. The molecule has 0 spiro atoms. The van der Waals surface area contributed by atoms with Crippen LogP contribution in [0.25, 0.3) is 0 Å². The SMILES string of the molecule is CC(C)(C)OCC1=[C]([Ti+2])CC=C1.[Cl-].[Cl-]. The number of hydrogen-bond donors (Lipinski definition) is 0. The van der Waals surface area contributed by atoms with Gasteiger partial charge in [0.05, 0.1) is 0 Å². The molecule has 1 aliphatic rings. The molecule has 0 heterocycles. The number of ether oxygens (including phenoxy) is 1. The maximum absolute atomic E-state index is 5.67. The summed E-state index contributed by atoms with van der Waals surface area (Å²) >= 11 is 2.17. The first kappa shape index (κ1) is 17.1. The van der Waals surface area contributed by atoms with Gasteiger partial charge in [0.2, 0.25) is 0 Å². The summed E-state index contributed by atoms with van der Waals surface area (Å²) in [7, 11) is 0. The Hall–Kier alpha value is 0.734. The van der Waals surface area contributed by atoms with Crippen LogP contribution in [-0.4, -0.2) is 12.2 Å². The van der Waals surface area contributed by atoms with Crippen LogP contribution < -0.4 is 24.8 Å². The normalized spacial score (nSPS) is 15.2. The van der Waals surface area contributed by atoms with Crippen LogP contribution in [-0.2, 0) is 25.2 Å². The zero-order valence-electron chi connectivity index (χ0n) is 8.73. The van der Waals surface area contributed by atoms with Gasteiger partial charge in [-0.2, -0.15) is 0 Å². The minimum absolute atomic E-state index is 0. The molecule has 1 nitrogen and oxygen atoms in total. The van der Waals surface area contributed by atoms with Crippen molar-refractivity contribution in [1.82, 2.24) is 0 Å². The molecular weight excluding hydrogens is 255 g/mol. The van der Waals surface area contributed by atoms with Gasteiger partial charge in [0.1, 0.15) is 0 Å². The van der Waals surface area contributed by atoms with E-state index in [1.165, 1.54) is 9.45 Å². The number of hydrogen-bond acceptors (Lipinski definition) is 1. The van der Waals surface area contributed by atoms with Crippen molar-refractivity contribution in [2.45, 2.75) is 32.8 Å². The van der Waals surface area contributed by atoms with Gasteiger partial charge in [0, 0.05) is 0 Å². The molecule has 4 heteroatoms. The van der Waals surface area contributed by atoms with Crippen molar-refractivity contribution in [3.05, 3.63) is 21.6 Å². The molecule has 0 aromatic heterocycles. The Morgan fingerprint density at radius 3 is 2.29 bits per heavy atom. The van der Waals surface area contributed by atoms with Gasteiger partial charge in [-0.3, -0.25) is 0 Å². The van der Waals surface area contributed by atoms with E-state index in [9.17, 15) is 0 Å². The van der Waals surface area contributed by atoms with Crippen molar-refractivity contribution in [1.29, 1.82) is 0 Å². The molecule has 1 rings (SSSR count). The number of rotatable bonds is 2. The van der Waals surface area contributed by atoms with Crippen LogP contribution >= 0.6 is 0 Å². The molecule has 0 bridgehead atoms. The van der Waals surface area contributed by atoms with Crippen LogP contribution in [0, 0.1) is 0 Å². The first-order chi connectivity index (χ1) is 5.49. The monoisotopic (exact) mass is 269 g/mol. The summed E-state index contributed by atoms with van der Waals surface area (Å²) in [4.78, 5) is 0. The topological polar surface area (TPSA) is 9.23 Å². The second kappa shape index (κ2) is 7.08. The average molecular weight is 270 g/mol. The van der Waals surface area contributed by atoms with Crippen LogP contribution in [0.3, 0.4) is 0 Å². The summed E-state index contributed by atoms with van der Waals surface area (Å²) < 4.78 is 7.12. The molecule has 0 N–H and O–H groups in total. The largest absolute Gasteiger partial charge is 1.00 e. The zero-order chi connectivity index (χ0) is 9.19. The molecule has 0 atom stereocenters. The fourth-order valence-electron chi connectivity index (χ4n) is 0.980. The molecule has 0 fully saturated rings. The Morgan fingerprint density at radius 1 is 1.36 bits per heavy atom. The number of allylic oxidation sites excluding steroid dienone is 2. The fraction of sp³-hybridized carbons (Fsp3) is 0.600. The van der Waals surface area contributed by atoms with Crippen molar-refractivity contribution in [3.63, 3.8) is 0 Å². The molecule has 14 heavy (non-hydrogen) atoms. The van der Waals surface area contributed by atoms with E-state index in [4.69, 9.17) is 4.74 Å². The minimum Gasteiger partial charge on any atom is -1.00 e. The van der Waals surface area contributed by atoms with E-state index in [0.29, 0.717) is 0 Å². The summed E-state index contributed by atoms with van der Waals surface area (Å²) in [5.41, 5.74) is 1.33. The number of halogens is 2. The third-order valence-electron chi connectivity index (χ3n) is 1.69. The third kappa shape index (κ3) is 6.26. The predicted octanol–water partition coefficient (Wildman–Crippen LogP) is -3.43. The van der Waals surface area contributed by atoms with Crippen molar-refractivity contribution in [2.24, 2.45) is 0 Å². The summed E-state index contributed by atoms with van der Waals surface area (Å²) in [6, 6.07) is 0. The molecule has 0 unspecified atom stereocenters. The molecular formula is C10H15Cl2OTi. The molecule has 79 valence electrons. The maximum Gasteiger partial charge on any atom is -1.00 e. The molecule has 0 saturated heterocycles. The van der Waals surface area contributed by atoms with Gasteiger partial charge in [-0.05, 0) is 0 Å². The second-order valence-corrected chi connectivity index (χ2v) is 4.95. The van der Waals surface area contributed by atoms with E-state index in [-0.39, 0.29) is 30.4 Å². The molecule has 1 aliphatic carbocycles. The van der Waals surface area contributed by atoms with Gasteiger partial charge in [-0.1, -0.05) is 0 Å². The van der Waals surface area contributed by atoms with Gasteiger partial charge in [0.15, 0.2) is 0 Å². The Kier molecular flexibility index (Phi) is 8.67. The van der Waals surface area contributed by atoms with Crippen molar-refractivity contribution >= 4 is 0 Å². The summed E-state index contributed by atoms with van der Waals surface area (Å²) in [6.45, 7) is 7.01. The average Bonchev–Trinajstić information content (AvgIpc) is 2.29. The summed E-state index contributed by atoms with van der Waals surface area (Å²) in [5, 5.41) is 0. The van der Waals surface area contributed by atoms with Gasteiger partial charge < -0.3 is 24.8 Å². The Morgan fingerprint density at radius 2 is 1.93 bits per heavy atom. The van der Waals surface area contributed by atoms with Crippen molar-refractivity contribution < 1.29 is 50.0 Å². The molecule has 0 radical (unpaired) electrons. The smallest absolute Gasteiger partial charge is 1.00 e. The van der Waals surface area contributed by atoms with E-state index in [1.54, 1.807) is 0 Å². The predicted molar refractivity (Wildman–Crippen MR) is 46.5 cm³/mol. The quantitative estimate of drug-likeness (QED) is 0.475. The van der Waals surface area contributed by atoms with Gasteiger partial charge in [0.25, 0.3) is 0 Å². The molecule has 0 saturated carbocycles. The minimum atomic E-state index is -0.0241. The fourth-order valence-corrected chi connectivity index (χ4v) is 1.41. The second-order valence-electron chi connectivity index (χ2n) is 4.01. The van der Waals surface area contributed by atoms with Gasteiger partial charge in [-0.15, -0.1) is 0 Å². The van der Waals surface area contributed by atoms with Gasteiger partial charge >= 0.3 is 86.2 Å². The van der Waals surface area contributed by atoms with Crippen LogP contribution in [0.2, 0.25) is 0 Å². The standard InChI is InChI=1S/C10H15O.2ClH.Ti/c1-10(2,3)11-8-9-6-4-5-7-9;;;/h4,6H,5,8H2,1-3H3;2*1H;/q;;;+2/p-2. The zero-order valence-corrected chi connectivity index (χ0v) is 11.8. The Balaban J connectivity index is 0. The Bertz CT molecular complexity index is 229. The Labute approximate surface area is 111 Å². The van der Waals surface area contributed by atoms with E-state index in [1.807, 2.05) is 0 Å². The van der Waals surface area contributed by atoms with Crippen LogP contribution in [0.15, 0.2) is 21.6 Å². The van der Waals surface area contributed by atoms with Crippen molar-refractivity contribution in [2.75, 3.05) is 6.61 Å². The molecule has 0 amide bonds. The van der Waals surface area contributed by atoms with E-state index >= 15 is 0 Å². The van der Waals surface area contributed by atoms with E-state index in [2.05, 4.69) is 53.4 Å². The van der Waals surface area contributed by atoms with Crippen LogP contribution in [0.4, 0.5) is 0 Å². The van der Waals surface area contributed by atoms with Crippen LogP contribution in [0.1, 0.15) is 27.2 Å².